The van der Waals surface area contributed by atoms with Crippen LogP contribution in [-0.4, -0.2) is 12.1 Å². The Bertz CT molecular complexity index is 363. The van der Waals surface area contributed by atoms with Crippen LogP contribution in [0, 0.1) is 11.3 Å². The molecule has 1 rings (SSSR count). The minimum atomic E-state index is -0.928. The van der Waals surface area contributed by atoms with Crippen molar-refractivity contribution in [2.75, 3.05) is 6.61 Å². The molecule has 1 unspecified atom stereocenters. The third kappa shape index (κ3) is 3.92. The van der Waals surface area contributed by atoms with Gasteiger partial charge in [-0.3, -0.25) is 0 Å². The molecule has 1 atom stereocenters. The Kier molecular flexibility index (Phi) is 4.33. The highest BCUT2D eigenvalue weighted by atomic mass is 16.5. The summed E-state index contributed by atoms with van der Waals surface area (Å²) in [5, 5.41) is 8.73. The van der Waals surface area contributed by atoms with Crippen LogP contribution in [0.15, 0.2) is 24.3 Å². The van der Waals surface area contributed by atoms with E-state index >= 15 is 0 Å². The summed E-state index contributed by atoms with van der Waals surface area (Å²) >= 11 is 0. The maximum absolute atomic E-state index is 8.73. The fourth-order valence-electron chi connectivity index (χ4n) is 1.31. The van der Waals surface area contributed by atoms with Gasteiger partial charge < -0.3 is 10.5 Å². The van der Waals surface area contributed by atoms with E-state index in [-0.39, 0.29) is 6.61 Å². The number of nitriles is 1. The Morgan fingerprint density at radius 2 is 2.00 bits per heavy atom. The molecule has 0 saturated heterocycles. The van der Waals surface area contributed by atoms with Gasteiger partial charge >= 0.3 is 0 Å². The van der Waals surface area contributed by atoms with Crippen LogP contribution >= 0.6 is 0 Å². The number of aryl methyl sites for hydroxylation is 1. The maximum atomic E-state index is 8.73. The third-order valence-electron chi connectivity index (χ3n) is 2.26. The molecule has 1 aromatic rings. The SMILES string of the molecule is CCCc1ccc(OCC(C)(N)C#N)cc1. The van der Waals surface area contributed by atoms with Crippen molar-refractivity contribution in [3.63, 3.8) is 0 Å². The molecule has 0 aromatic heterocycles. The van der Waals surface area contributed by atoms with E-state index in [1.165, 1.54) is 5.56 Å². The van der Waals surface area contributed by atoms with Crippen molar-refractivity contribution in [2.45, 2.75) is 32.2 Å². The van der Waals surface area contributed by atoms with Crippen LogP contribution in [0.2, 0.25) is 0 Å². The first-order chi connectivity index (χ1) is 7.57. The molecular formula is C13H18N2O. The second kappa shape index (κ2) is 5.53. The van der Waals surface area contributed by atoms with E-state index in [1.807, 2.05) is 30.3 Å². The monoisotopic (exact) mass is 218 g/mol. The molecule has 0 saturated carbocycles. The molecule has 2 N–H and O–H groups in total. The van der Waals surface area contributed by atoms with Gasteiger partial charge in [-0.2, -0.15) is 5.26 Å². The molecule has 0 spiro atoms. The highest BCUT2D eigenvalue weighted by molar-refractivity contribution is 5.27. The minimum absolute atomic E-state index is 0.205. The Hall–Kier alpha value is -1.53. The molecule has 0 amide bonds. The van der Waals surface area contributed by atoms with E-state index in [0.29, 0.717) is 0 Å². The zero-order valence-corrected chi connectivity index (χ0v) is 9.86. The second-order valence-corrected chi connectivity index (χ2v) is 4.21. The van der Waals surface area contributed by atoms with Gasteiger partial charge in [-0.1, -0.05) is 25.5 Å². The Labute approximate surface area is 96.8 Å². The molecule has 0 aliphatic carbocycles. The van der Waals surface area contributed by atoms with E-state index in [2.05, 4.69) is 6.92 Å². The molecule has 1 aromatic carbocycles. The number of benzene rings is 1. The van der Waals surface area contributed by atoms with Crippen LogP contribution in [0.1, 0.15) is 25.8 Å². The normalized spacial score (nSPS) is 13.9. The fraction of sp³-hybridized carbons (Fsp3) is 0.462. The van der Waals surface area contributed by atoms with Gasteiger partial charge in [0.15, 0.2) is 0 Å². The molecule has 0 heterocycles. The van der Waals surface area contributed by atoms with Crippen molar-refractivity contribution in [1.82, 2.24) is 0 Å². The zero-order valence-electron chi connectivity index (χ0n) is 9.86. The molecule has 3 nitrogen and oxygen atoms in total. The van der Waals surface area contributed by atoms with Gasteiger partial charge in [-0.25, -0.2) is 0 Å². The van der Waals surface area contributed by atoms with Crippen molar-refractivity contribution < 1.29 is 4.74 Å². The van der Waals surface area contributed by atoms with Crippen LogP contribution in [-0.2, 0) is 6.42 Å². The number of hydrogen-bond donors (Lipinski definition) is 1. The van der Waals surface area contributed by atoms with Gasteiger partial charge in [0.05, 0.1) is 6.07 Å². The van der Waals surface area contributed by atoms with Gasteiger partial charge in [0.1, 0.15) is 17.9 Å². The fourth-order valence-corrected chi connectivity index (χ4v) is 1.31. The average Bonchev–Trinajstić information content (AvgIpc) is 2.29. The molecule has 0 bridgehead atoms. The number of nitrogens with two attached hydrogens (primary N) is 1. The predicted molar refractivity (Wildman–Crippen MR) is 64.1 cm³/mol. The lowest BCUT2D eigenvalue weighted by Gasteiger charge is -2.16. The van der Waals surface area contributed by atoms with Crippen molar-refractivity contribution in [3.05, 3.63) is 29.8 Å². The van der Waals surface area contributed by atoms with E-state index < -0.39 is 5.54 Å². The lowest BCUT2D eigenvalue weighted by Crippen LogP contribution is -2.40. The minimum Gasteiger partial charge on any atom is -0.491 e. The topological polar surface area (TPSA) is 59.0 Å². The molecule has 0 radical (unpaired) electrons. The van der Waals surface area contributed by atoms with Crippen LogP contribution in [0.4, 0.5) is 0 Å². The van der Waals surface area contributed by atoms with E-state index in [1.54, 1.807) is 6.92 Å². The molecule has 0 aliphatic heterocycles. The first-order valence-electron chi connectivity index (χ1n) is 5.49. The molecule has 0 fully saturated rings. The molecule has 0 aliphatic rings. The van der Waals surface area contributed by atoms with Gasteiger partial charge in [-0.05, 0) is 31.0 Å². The Morgan fingerprint density at radius 3 is 2.50 bits per heavy atom. The average molecular weight is 218 g/mol. The summed E-state index contributed by atoms with van der Waals surface area (Å²) in [5.74, 6) is 0.756. The lowest BCUT2D eigenvalue weighted by atomic mass is 10.1. The smallest absolute Gasteiger partial charge is 0.135 e. The maximum Gasteiger partial charge on any atom is 0.135 e. The van der Waals surface area contributed by atoms with Gasteiger partial charge in [0, 0.05) is 0 Å². The number of nitrogens with zero attached hydrogens (tertiary/aromatic N) is 1. The van der Waals surface area contributed by atoms with Crippen LogP contribution in [0.3, 0.4) is 0 Å². The molecule has 3 heteroatoms. The van der Waals surface area contributed by atoms with Crippen molar-refractivity contribution in [1.29, 1.82) is 5.26 Å². The predicted octanol–water partition coefficient (Wildman–Crippen LogP) is 2.26. The van der Waals surface area contributed by atoms with Crippen LogP contribution in [0.5, 0.6) is 5.75 Å². The highest BCUT2D eigenvalue weighted by Gasteiger charge is 2.17. The quantitative estimate of drug-likeness (QED) is 0.824. The summed E-state index contributed by atoms with van der Waals surface area (Å²) < 4.78 is 5.45. The van der Waals surface area contributed by atoms with Crippen molar-refractivity contribution in [2.24, 2.45) is 5.73 Å². The van der Waals surface area contributed by atoms with E-state index in [4.69, 9.17) is 15.7 Å². The van der Waals surface area contributed by atoms with Gasteiger partial charge in [0.2, 0.25) is 0 Å². The largest absolute Gasteiger partial charge is 0.491 e. The summed E-state index contributed by atoms with van der Waals surface area (Å²) in [5.41, 5.74) is 6.02. The third-order valence-corrected chi connectivity index (χ3v) is 2.26. The molecular weight excluding hydrogens is 200 g/mol. The first kappa shape index (κ1) is 12.5. The lowest BCUT2D eigenvalue weighted by molar-refractivity contribution is 0.264. The second-order valence-electron chi connectivity index (χ2n) is 4.21. The molecule has 86 valence electrons. The van der Waals surface area contributed by atoms with Crippen molar-refractivity contribution in [3.8, 4) is 11.8 Å². The van der Waals surface area contributed by atoms with Gasteiger partial charge in [0.25, 0.3) is 0 Å². The van der Waals surface area contributed by atoms with Crippen molar-refractivity contribution >= 4 is 0 Å². The first-order valence-corrected chi connectivity index (χ1v) is 5.49. The summed E-state index contributed by atoms with van der Waals surface area (Å²) in [4.78, 5) is 0. The highest BCUT2D eigenvalue weighted by Crippen LogP contribution is 2.14. The summed E-state index contributed by atoms with van der Waals surface area (Å²) in [7, 11) is 0. The van der Waals surface area contributed by atoms with Crippen LogP contribution in [0.25, 0.3) is 0 Å². The summed E-state index contributed by atoms with van der Waals surface area (Å²) in [6.07, 6.45) is 2.21. The standard InChI is InChI=1S/C13H18N2O/c1-3-4-11-5-7-12(8-6-11)16-10-13(2,15)9-14/h5-8H,3-4,10,15H2,1-2H3. The summed E-state index contributed by atoms with van der Waals surface area (Å²) in [6.45, 7) is 4.01. The van der Waals surface area contributed by atoms with E-state index in [0.717, 1.165) is 18.6 Å². The zero-order chi connectivity index (χ0) is 12.0. The van der Waals surface area contributed by atoms with Gasteiger partial charge in [-0.15, -0.1) is 0 Å². The van der Waals surface area contributed by atoms with Crippen LogP contribution < -0.4 is 10.5 Å². The Morgan fingerprint density at radius 1 is 1.38 bits per heavy atom. The number of ether oxygens (including phenoxy) is 1. The molecule has 16 heavy (non-hydrogen) atoms. The summed E-state index contributed by atoms with van der Waals surface area (Å²) in [6, 6.07) is 9.91. The van der Waals surface area contributed by atoms with E-state index in [9.17, 15) is 0 Å². The Balaban J connectivity index is 2.53. The number of rotatable bonds is 5. The number of hydrogen-bond acceptors (Lipinski definition) is 3.